The summed E-state index contributed by atoms with van der Waals surface area (Å²) in [7, 11) is 1.65. The molecule has 2 atom stereocenters. The standard InChI is InChI=1S/C15H22ClNO2/c1-18-15-10-11(16)7-8-13(15)14(17)6-2-4-12-5-3-9-19-12/h7-8,10,12,14H,2-6,9,17H2,1H3. The Morgan fingerprint density at radius 3 is 3.05 bits per heavy atom. The molecular formula is C15H22ClNO2. The first-order valence-corrected chi connectivity index (χ1v) is 7.29. The maximum Gasteiger partial charge on any atom is 0.125 e. The van der Waals surface area contributed by atoms with Crippen molar-refractivity contribution >= 4 is 11.6 Å². The Kier molecular flexibility index (Phi) is 5.49. The van der Waals surface area contributed by atoms with Crippen molar-refractivity contribution in [2.24, 2.45) is 5.73 Å². The second-order valence-corrected chi connectivity index (χ2v) is 5.50. The van der Waals surface area contributed by atoms with Gasteiger partial charge in [0.25, 0.3) is 0 Å². The molecular weight excluding hydrogens is 262 g/mol. The summed E-state index contributed by atoms with van der Waals surface area (Å²) in [5.74, 6) is 0.775. The van der Waals surface area contributed by atoms with Crippen LogP contribution in [0.2, 0.25) is 5.02 Å². The largest absolute Gasteiger partial charge is 0.496 e. The molecule has 1 aromatic rings. The van der Waals surface area contributed by atoms with E-state index in [1.807, 2.05) is 18.2 Å². The van der Waals surface area contributed by atoms with E-state index in [1.54, 1.807) is 7.11 Å². The lowest BCUT2D eigenvalue weighted by Crippen LogP contribution is -2.13. The van der Waals surface area contributed by atoms with Crippen LogP contribution in [-0.4, -0.2) is 19.8 Å². The monoisotopic (exact) mass is 283 g/mol. The van der Waals surface area contributed by atoms with Crippen molar-refractivity contribution in [2.45, 2.75) is 44.2 Å². The number of hydrogen-bond donors (Lipinski definition) is 1. The summed E-state index contributed by atoms with van der Waals surface area (Å²) >= 11 is 5.95. The number of ether oxygens (including phenoxy) is 2. The molecule has 0 aliphatic carbocycles. The van der Waals surface area contributed by atoms with Crippen molar-refractivity contribution in [1.82, 2.24) is 0 Å². The topological polar surface area (TPSA) is 44.5 Å². The summed E-state index contributed by atoms with van der Waals surface area (Å²) in [6, 6.07) is 5.63. The summed E-state index contributed by atoms with van der Waals surface area (Å²) in [5, 5.41) is 0.673. The van der Waals surface area contributed by atoms with Crippen LogP contribution in [0, 0.1) is 0 Å². The van der Waals surface area contributed by atoms with Crippen molar-refractivity contribution in [2.75, 3.05) is 13.7 Å². The molecule has 0 amide bonds. The van der Waals surface area contributed by atoms with Crippen molar-refractivity contribution in [3.8, 4) is 5.75 Å². The average molecular weight is 284 g/mol. The van der Waals surface area contributed by atoms with Gasteiger partial charge in [-0.2, -0.15) is 0 Å². The smallest absolute Gasteiger partial charge is 0.125 e. The minimum absolute atomic E-state index is 0.00591. The quantitative estimate of drug-likeness (QED) is 0.866. The van der Waals surface area contributed by atoms with Crippen LogP contribution in [0.3, 0.4) is 0 Å². The molecule has 106 valence electrons. The summed E-state index contributed by atoms with van der Waals surface area (Å²) in [5.41, 5.74) is 7.27. The van der Waals surface area contributed by atoms with Gasteiger partial charge in [-0.05, 0) is 44.2 Å². The molecule has 1 aromatic carbocycles. The van der Waals surface area contributed by atoms with Gasteiger partial charge in [0.15, 0.2) is 0 Å². The number of methoxy groups -OCH3 is 1. The first-order chi connectivity index (χ1) is 9.20. The molecule has 0 aromatic heterocycles. The van der Waals surface area contributed by atoms with Crippen LogP contribution in [0.15, 0.2) is 18.2 Å². The Morgan fingerprint density at radius 2 is 2.37 bits per heavy atom. The Hall–Kier alpha value is -0.770. The van der Waals surface area contributed by atoms with Crippen molar-refractivity contribution in [3.63, 3.8) is 0 Å². The third kappa shape index (κ3) is 4.10. The highest BCUT2D eigenvalue weighted by atomic mass is 35.5. The lowest BCUT2D eigenvalue weighted by molar-refractivity contribution is 0.101. The number of benzene rings is 1. The average Bonchev–Trinajstić information content (AvgIpc) is 2.91. The highest BCUT2D eigenvalue weighted by Crippen LogP contribution is 2.30. The van der Waals surface area contributed by atoms with E-state index in [4.69, 9.17) is 26.8 Å². The van der Waals surface area contributed by atoms with Crippen molar-refractivity contribution in [1.29, 1.82) is 0 Å². The summed E-state index contributed by atoms with van der Waals surface area (Å²) in [6.45, 7) is 0.918. The Bertz CT molecular complexity index is 405. The molecule has 0 bridgehead atoms. The fourth-order valence-corrected chi connectivity index (χ4v) is 2.75. The van der Waals surface area contributed by atoms with Gasteiger partial charge in [-0.1, -0.05) is 17.7 Å². The molecule has 1 aliphatic rings. The summed E-state index contributed by atoms with van der Waals surface area (Å²) in [6.07, 6.45) is 5.96. The lowest BCUT2D eigenvalue weighted by Gasteiger charge is -2.17. The molecule has 1 aliphatic heterocycles. The van der Waals surface area contributed by atoms with E-state index in [2.05, 4.69) is 0 Å². The van der Waals surface area contributed by atoms with E-state index in [-0.39, 0.29) is 6.04 Å². The zero-order chi connectivity index (χ0) is 13.7. The molecule has 0 spiro atoms. The van der Waals surface area contributed by atoms with Crippen LogP contribution in [0.25, 0.3) is 0 Å². The molecule has 3 nitrogen and oxygen atoms in total. The third-order valence-electron chi connectivity index (χ3n) is 3.66. The maximum absolute atomic E-state index is 6.24. The first-order valence-electron chi connectivity index (χ1n) is 6.91. The van der Waals surface area contributed by atoms with Crippen LogP contribution >= 0.6 is 11.6 Å². The van der Waals surface area contributed by atoms with Crippen molar-refractivity contribution in [3.05, 3.63) is 28.8 Å². The van der Waals surface area contributed by atoms with Gasteiger partial charge in [0.2, 0.25) is 0 Å². The molecule has 0 saturated carbocycles. The molecule has 2 rings (SSSR count). The predicted molar refractivity (Wildman–Crippen MR) is 77.8 cm³/mol. The Balaban J connectivity index is 1.86. The van der Waals surface area contributed by atoms with Gasteiger partial charge in [0.05, 0.1) is 13.2 Å². The van der Waals surface area contributed by atoms with E-state index in [0.717, 1.165) is 37.2 Å². The van der Waals surface area contributed by atoms with Gasteiger partial charge in [-0.3, -0.25) is 0 Å². The molecule has 1 heterocycles. The second-order valence-electron chi connectivity index (χ2n) is 5.06. The molecule has 1 saturated heterocycles. The fraction of sp³-hybridized carbons (Fsp3) is 0.600. The zero-order valence-electron chi connectivity index (χ0n) is 11.4. The minimum atomic E-state index is -0.00591. The molecule has 0 radical (unpaired) electrons. The Labute approximate surface area is 120 Å². The highest BCUT2D eigenvalue weighted by molar-refractivity contribution is 6.30. The molecule has 2 N–H and O–H groups in total. The van der Waals surface area contributed by atoms with E-state index in [1.165, 1.54) is 12.8 Å². The number of halogens is 1. The Morgan fingerprint density at radius 1 is 1.53 bits per heavy atom. The highest BCUT2D eigenvalue weighted by Gasteiger charge is 2.17. The van der Waals surface area contributed by atoms with Gasteiger partial charge in [-0.25, -0.2) is 0 Å². The predicted octanol–water partition coefficient (Wildman–Crippen LogP) is 3.70. The van der Waals surface area contributed by atoms with E-state index >= 15 is 0 Å². The van der Waals surface area contributed by atoms with Gasteiger partial charge in [0.1, 0.15) is 5.75 Å². The molecule has 2 unspecified atom stereocenters. The van der Waals surface area contributed by atoms with Crippen LogP contribution in [-0.2, 0) is 4.74 Å². The van der Waals surface area contributed by atoms with E-state index in [0.29, 0.717) is 11.1 Å². The van der Waals surface area contributed by atoms with Crippen molar-refractivity contribution < 1.29 is 9.47 Å². The van der Waals surface area contributed by atoms with Crippen LogP contribution in [0.5, 0.6) is 5.75 Å². The summed E-state index contributed by atoms with van der Waals surface area (Å²) in [4.78, 5) is 0. The molecule has 19 heavy (non-hydrogen) atoms. The zero-order valence-corrected chi connectivity index (χ0v) is 12.2. The number of rotatable bonds is 6. The molecule has 4 heteroatoms. The normalized spacial score (nSPS) is 20.5. The van der Waals surface area contributed by atoms with E-state index < -0.39 is 0 Å². The van der Waals surface area contributed by atoms with Gasteiger partial charge in [0, 0.05) is 23.2 Å². The maximum atomic E-state index is 6.24. The second kappa shape index (κ2) is 7.13. The van der Waals surface area contributed by atoms with Crippen LogP contribution in [0.1, 0.15) is 43.7 Å². The first kappa shape index (κ1) is 14.6. The number of hydrogen-bond acceptors (Lipinski definition) is 3. The lowest BCUT2D eigenvalue weighted by atomic mass is 9.99. The van der Waals surface area contributed by atoms with Crippen LogP contribution in [0.4, 0.5) is 0 Å². The number of nitrogens with two attached hydrogens (primary N) is 1. The minimum Gasteiger partial charge on any atom is -0.496 e. The van der Waals surface area contributed by atoms with Gasteiger partial charge in [-0.15, -0.1) is 0 Å². The van der Waals surface area contributed by atoms with Crippen LogP contribution < -0.4 is 10.5 Å². The van der Waals surface area contributed by atoms with Gasteiger partial charge >= 0.3 is 0 Å². The van der Waals surface area contributed by atoms with Gasteiger partial charge < -0.3 is 15.2 Å². The molecule has 1 fully saturated rings. The third-order valence-corrected chi connectivity index (χ3v) is 3.90. The fourth-order valence-electron chi connectivity index (χ4n) is 2.58. The SMILES string of the molecule is COc1cc(Cl)ccc1C(N)CCCC1CCCO1. The summed E-state index contributed by atoms with van der Waals surface area (Å²) < 4.78 is 11.0. The van der Waals surface area contributed by atoms with E-state index in [9.17, 15) is 0 Å².